The number of allylic oxidation sites excluding steroid dienone is 3. The molecule has 0 aromatic carbocycles. The number of aromatic amines is 1. The van der Waals surface area contributed by atoms with Gasteiger partial charge in [-0.2, -0.15) is 5.21 Å². The van der Waals surface area contributed by atoms with Crippen molar-refractivity contribution in [2.45, 2.75) is 38.8 Å². The van der Waals surface area contributed by atoms with Gasteiger partial charge in [-0.1, -0.05) is 35.1 Å². The Labute approximate surface area is 101 Å². The zero-order valence-corrected chi connectivity index (χ0v) is 10.8. The van der Waals surface area contributed by atoms with Crippen molar-refractivity contribution >= 4 is 11.8 Å². The standard InChI is InChI=1S/C11H18N4S/c1-9(2)5-4-6-10(3)7-8-16-11-12-14-15-13-11/h5,7H,4,6,8H2,1-3H3,(H,12,13,14,15)/b10-7+. The van der Waals surface area contributed by atoms with Gasteiger partial charge in [0.15, 0.2) is 0 Å². The molecule has 16 heavy (non-hydrogen) atoms. The van der Waals surface area contributed by atoms with Crippen LogP contribution in [0.3, 0.4) is 0 Å². The smallest absolute Gasteiger partial charge is 0.176 e. The quantitative estimate of drug-likeness (QED) is 0.611. The van der Waals surface area contributed by atoms with Crippen LogP contribution >= 0.6 is 11.8 Å². The van der Waals surface area contributed by atoms with Crippen LogP contribution in [0.5, 0.6) is 0 Å². The lowest BCUT2D eigenvalue weighted by molar-refractivity contribution is 0.881. The topological polar surface area (TPSA) is 54.5 Å². The molecule has 0 fully saturated rings. The molecule has 0 radical (unpaired) electrons. The molecule has 0 aliphatic heterocycles. The highest BCUT2D eigenvalue weighted by atomic mass is 32.2. The summed E-state index contributed by atoms with van der Waals surface area (Å²) in [7, 11) is 0. The van der Waals surface area contributed by atoms with Gasteiger partial charge in [0, 0.05) is 5.75 Å². The lowest BCUT2D eigenvalue weighted by Gasteiger charge is -1.98. The zero-order valence-electron chi connectivity index (χ0n) is 10.0. The third-order valence-electron chi connectivity index (χ3n) is 2.06. The van der Waals surface area contributed by atoms with Crippen LogP contribution in [-0.2, 0) is 0 Å². The Morgan fingerprint density at radius 3 is 2.75 bits per heavy atom. The molecule has 88 valence electrons. The fourth-order valence-electron chi connectivity index (χ4n) is 1.16. The molecule has 0 unspecified atom stereocenters. The fraction of sp³-hybridized carbons (Fsp3) is 0.545. The van der Waals surface area contributed by atoms with Crippen LogP contribution in [0.1, 0.15) is 33.6 Å². The maximum absolute atomic E-state index is 3.88. The van der Waals surface area contributed by atoms with Crippen LogP contribution in [0.4, 0.5) is 0 Å². The number of tetrazole rings is 1. The van der Waals surface area contributed by atoms with E-state index in [9.17, 15) is 0 Å². The predicted octanol–water partition coefficient (Wildman–Crippen LogP) is 2.98. The van der Waals surface area contributed by atoms with Gasteiger partial charge in [-0.15, -0.1) is 10.2 Å². The minimum atomic E-state index is 0.702. The Kier molecular flexibility index (Phi) is 5.85. The van der Waals surface area contributed by atoms with E-state index < -0.39 is 0 Å². The van der Waals surface area contributed by atoms with Crippen molar-refractivity contribution in [2.24, 2.45) is 0 Å². The number of hydrogen-bond acceptors (Lipinski definition) is 4. The van der Waals surface area contributed by atoms with Crippen molar-refractivity contribution < 1.29 is 0 Å². The molecule has 0 spiro atoms. The molecule has 0 bridgehead atoms. The van der Waals surface area contributed by atoms with E-state index in [-0.39, 0.29) is 0 Å². The summed E-state index contributed by atoms with van der Waals surface area (Å²) in [5.41, 5.74) is 2.79. The van der Waals surface area contributed by atoms with Crippen LogP contribution in [0.25, 0.3) is 0 Å². The third-order valence-corrected chi connectivity index (χ3v) is 2.83. The second-order valence-electron chi connectivity index (χ2n) is 3.88. The first-order valence-corrected chi connectivity index (χ1v) is 6.32. The Morgan fingerprint density at radius 2 is 2.12 bits per heavy atom. The minimum Gasteiger partial charge on any atom is -0.176 e. The summed E-state index contributed by atoms with van der Waals surface area (Å²) in [4.78, 5) is 0. The number of thioether (sulfide) groups is 1. The maximum atomic E-state index is 3.88. The molecule has 5 heteroatoms. The number of rotatable bonds is 6. The summed E-state index contributed by atoms with van der Waals surface area (Å²) in [5, 5.41) is 14.4. The number of nitrogens with one attached hydrogen (secondary N) is 1. The number of nitrogens with zero attached hydrogens (tertiary/aromatic N) is 3. The van der Waals surface area contributed by atoms with Gasteiger partial charge in [-0.3, -0.25) is 0 Å². The molecular weight excluding hydrogens is 220 g/mol. The summed E-state index contributed by atoms with van der Waals surface area (Å²) < 4.78 is 0. The van der Waals surface area contributed by atoms with E-state index in [2.05, 4.69) is 53.5 Å². The summed E-state index contributed by atoms with van der Waals surface area (Å²) >= 11 is 1.59. The fourth-order valence-corrected chi connectivity index (χ4v) is 1.88. The first-order valence-electron chi connectivity index (χ1n) is 5.33. The average molecular weight is 238 g/mol. The Hall–Kier alpha value is -1.10. The van der Waals surface area contributed by atoms with E-state index in [1.165, 1.54) is 11.1 Å². The van der Waals surface area contributed by atoms with Gasteiger partial charge < -0.3 is 0 Å². The van der Waals surface area contributed by atoms with Gasteiger partial charge >= 0.3 is 0 Å². The summed E-state index contributed by atoms with van der Waals surface area (Å²) in [6.45, 7) is 6.42. The molecule has 0 saturated carbocycles. The second kappa shape index (κ2) is 7.22. The first-order chi connectivity index (χ1) is 7.68. The lowest BCUT2D eigenvalue weighted by Crippen LogP contribution is -1.81. The van der Waals surface area contributed by atoms with Crippen molar-refractivity contribution in [3.05, 3.63) is 23.3 Å². The summed E-state index contributed by atoms with van der Waals surface area (Å²) in [6.07, 6.45) is 6.74. The van der Waals surface area contributed by atoms with E-state index in [4.69, 9.17) is 0 Å². The Morgan fingerprint density at radius 1 is 1.31 bits per heavy atom. The van der Waals surface area contributed by atoms with Crippen LogP contribution in [-0.4, -0.2) is 26.4 Å². The summed E-state index contributed by atoms with van der Waals surface area (Å²) in [6, 6.07) is 0. The molecular formula is C11H18N4S. The second-order valence-corrected chi connectivity index (χ2v) is 4.86. The normalized spacial score (nSPS) is 11.6. The zero-order chi connectivity index (χ0) is 11.8. The molecule has 0 saturated heterocycles. The average Bonchev–Trinajstić information content (AvgIpc) is 2.70. The Bertz CT molecular complexity index is 350. The van der Waals surface area contributed by atoms with Crippen molar-refractivity contribution in [1.82, 2.24) is 20.6 Å². The molecule has 4 nitrogen and oxygen atoms in total. The van der Waals surface area contributed by atoms with Crippen molar-refractivity contribution in [3.63, 3.8) is 0 Å². The van der Waals surface area contributed by atoms with Crippen molar-refractivity contribution in [2.75, 3.05) is 5.75 Å². The van der Waals surface area contributed by atoms with Gasteiger partial charge in [-0.25, -0.2) is 0 Å². The molecule has 1 heterocycles. The SMILES string of the molecule is CC(C)=CCC/C(C)=C/CSc1nn[nH]n1. The monoisotopic (exact) mass is 238 g/mol. The van der Waals surface area contributed by atoms with E-state index in [0.717, 1.165) is 18.6 Å². The van der Waals surface area contributed by atoms with Crippen LogP contribution in [0.15, 0.2) is 28.5 Å². The maximum Gasteiger partial charge on any atom is 0.231 e. The van der Waals surface area contributed by atoms with E-state index in [0.29, 0.717) is 5.16 Å². The van der Waals surface area contributed by atoms with E-state index >= 15 is 0 Å². The van der Waals surface area contributed by atoms with Crippen LogP contribution < -0.4 is 0 Å². The molecule has 1 N–H and O–H groups in total. The summed E-state index contributed by atoms with van der Waals surface area (Å²) in [5.74, 6) is 0.903. The first kappa shape index (κ1) is 13.0. The molecule has 0 aliphatic carbocycles. The highest BCUT2D eigenvalue weighted by Gasteiger charge is 1.96. The number of H-pyrrole nitrogens is 1. The third kappa shape index (κ3) is 5.70. The van der Waals surface area contributed by atoms with Gasteiger partial charge in [0.05, 0.1) is 0 Å². The molecule has 1 rings (SSSR count). The largest absolute Gasteiger partial charge is 0.231 e. The van der Waals surface area contributed by atoms with Gasteiger partial charge in [-0.05, 0) is 38.8 Å². The molecule has 0 atom stereocenters. The highest BCUT2D eigenvalue weighted by molar-refractivity contribution is 7.99. The molecule has 1 aromatic rings. The number of hydrogen-bond donors (Lipinski definition) is 1. The van der Waals surface area contributed by atoms with E-state index in [1.54, 1.807) is 11.8 Å². The van der Waals surface area contributed by atoms with Crippen molar-refractivity contribution in [3.8, 4) is 0 Å². The van der Waals surface area contributed by atoms with Gasteiger partial charge in [0.25, 0.3) is 0 Å². The molecule has 1 aromatic heterocycles. The van der Waals surface area contributed by atoms with Gasteiger partial charge in [0.2, 0.25) is 5.16 Å². The number of aromatic nitrogens is 4. The van der Waals surface area contributed by atoms with Crippen LogP contribution in [0, 0.1) is 0 Å². The van der Waals surface area contributed by atoms with E-state index in [1.807, 2.05) is 0 Å². The van der Waals surface area contributed by atoms with Crippen LogP contribution in [0.2, 0.25) is 0 Å². The molecule has 0 aliphatic rings. The van der Waals surface area contributed by atoms with Crippen molar-refractivity contribution in [1.29, 1.82) is 0 Å². The Balaban J connectivity index is 2.21. The highest BCUT2D eigenvalue weighted by Crippen LogP contribution is 2.13. The minimum absolute atomic E-state index is 0.702. The lowest BCUT2D eigenvalue weighted by atomic mass is 10.1. The van der Waals surface area contributed by atoms with Gasteiger partial charge in [0.1, 0.15) is 0 Å². The predicted molar refractivity (Wildman–Crippen MR) is 67.3 cm³/mol. The molecule has 0 amide bonds.